The standard InChI is InChI=1S/C18H21ClFN5S/c19-15-11-13(20)1-2-14(15)18(3-4-18)12-23-16(21)24-6-8-25(9-7-24)17-22-5-10-26-17/h1-2,5,10-11H,3-4,6-9,12H2,(H2,21,23). The third-order valence-electron chi connectivity index (χ3n) is 5.19. The quantitative estimate of drug-likeness (QED) is 0.640. The van der Waals surface area contributed by atoms with Gasteiger partial charge in [0.2, 0.25) is 0 Å². The molecule has 0 bridgehead atoms. The first-order valence-electron chi connectivity index (χ1n) is 8.72. The SMILES string of the molecule is NC(=NCC1(c2ccc(F)cc2Cl)CC1)N1CCN(c2nccs2)CC1. The number of halogens is 2. The monoisotopic (exact) mass is 393 g/mol. The summed E-state index contributed by atoms with van der Waals surface area (Å²) in [6.45, 7) is 4.03. The molecule has 2 N–H and O–H groups in total. The Kier molecular flexibility index (Phi) is 4.75. The van der Waals surface area contributed by atoms with Crippen LogP contribution >= 0.6 is 22.9 Å². The van der Waals surface area contributed by atoms with Crippen molar-refractivity contribution >= 4 is 34.0 Å². The summed E-state index contributed by atoms with van der Waals surface area (Å²) in [4.78, 5) is 13.4. The van der Waals surface area contributed by atoms with Crippen molar-refractivity contribution in [3.8, 4) is 0 Å². The van der Waals surface area contributed by atoms with Gasteiger partial charge in [-0.15, -0.1) is 11.3 Å². The molecule has 0 unspecified atom stereocenters. The number of thiazole rings is 1. The van der Waals surface area contributed by atoms with E-state index in [9.17, 15) is 4.39 Å². The minimum Gasteiger partial charge on any atom is -0.370 e. The molecule has 0 spiro atoms. The van der Waals surface area contributed by atoms with Crippen LogP contribution in [-0.2, 0) is 5.41 Å². The molecule has 0 atom stereocenters. The van der Waals surface area contributed by atoms with E-state index in [1.54, 1.807) is 17.4 Å². The Morgan fingerprint density at radius 2 is 2.08 bits per heavy atom. The fourth-order valence-electron chi connectivity index (χ4n) is 3.41. The molecule has 2 aromatic rings. The number of rotatable bonds is 4. The first-order valence-corrected chi connectivity index (χ1v) is 9.98. The van der Waals surface area contributed by atoms with Gasteiger partial charge in [-0.3, -0.25) is 4.99 Å². The van der Waals surface area contributed by atoms with Crippen LogP contribution < -0.4 is 10.6 Å². The van der Waals surface area contributed by atoms with Crippen LogP contribution in [0.2, 0.25) is 5.02 Å². The Morgan fingerprint density at radius 3 is 2.69 bits per heavy atom. The van der Waals surface area contributed by atoms with Crippen molar-refractivity contribution in [2.45, 2.75) is 18.3 Å². The molecule has 1 saturated heterocycles. The van der Waals surface area contributed by atoms with Crippen molar-refractivity contribution < 1.29 is 4.39 Å². The van der Waals surface area contributed by atoms with E-state index in [2.05, 4.69) is 19.8 Å². The number of piperazine rings is 1. The van der Waals surface area contributed by atoms with E-state index in [1.807, 2.05) is 11.6 Å². The first-order chi connectivity index (χ1) is 12.6. The Hall–Kier alpha value is -1.86. The molecule has 138 valence electrons. The van der Waals surface area contributed by atoms with E-state index in [0.29, 0.717) is 17.5 Å². The summed E-state index contributed by atoms with van der Waals surface area (Å²) in [7, 11) is 0. The predicted molar refractivity (Wildman–Crippen MR) is 105 cm³/mol. The van der Waals surface area contributed by atoms with Crippen LogP contribution in [0.25, 0.3) is 0 Å². The summed E-state index contributed by atoms with van der Waals surface area (Å²) in [5.41, 5.74) is 7.13. The van der Waals surface area contributed by atoms with Gasteiger partial charge < -0.3 is 15.5 Å². The summed E-state index contributed by atoms with van der Waals surface area (Å²) in [6, 6.07) is 4.62. The highest BCUT2D eigenvalue weighted by molar-refractivity contribution is 7.13. The van der Waals surface area contributed by atoms with Crippen LogP contribution in [0.5, 0.6) is 0 Å². The van der Waals surface area contributed by atoms with E-state index in [1.165, 1.54) is 12.1 Å². The Bertz CT molecular complexity index is 798. The van der Waals surface area contributed by atoms with Gasteiger partial charge >= 0.3 is 0 Å². The third kappa shape index (κ3) is 3.50. The fourth-order valence-corrected chi connectivity index (χ4v) is 4.48. The van der Waals surface area contributed by atoms with Crippen LogP contribution in [-0.4, -0.2) is 48.6 Å². The van der Waals surface area contributed by atoms with Gasteiger partial charge in [0.1, 0.15) is 5.82 Å². The van der Waals surface area contributed by atoms with Crippen LogP contribution in [0.1, 0.15) is 18.4 Å². The third-order valence-corrected chi connectivity index (χ3v) is 6.34. The number of aromatic nitrogens is 1. The highest BCUT2D eigenvalue weighted by Crippen LogP contribution is 2.50. The van der Waals surface area contributed by atoms with Gasteiger partial charge in [0.05, 0.1) is 6.54 Å². The molecule has 8 heteroatoms. The van der Waals surface area contributed by atoms with Crippen molar-refractivity contribution in [3.63, 3.8) is 0 Å². The van der Waals surface area contributed by atoms with E-state index >= 15 is 0 Å². The van der Waals surface area contributed by atoms with E-state index < -0.39 is 0 Å². The van der Waals surface area contributed by atoms with Crippen molar-refractivity contribution in [1.82, 2.24) is 9.88 Å². The van der Waals surface area contributed by atoms with Crippen LogP contribution in [0.15, 0.2) is 34.8 Å². The van der Waals surface area contributed by atoms with Crippen LogP contribution in [0.4, 0.5) is 9.52 Å². The molecule has 5 nitrogen and oxygen atoms in total. The molecule has 1 aliphatic heterocycles. The largest absolute Gasteiger partial charge is 0.370 e. The van der Waals surface area contributed by atoms with Crippen LogP contribution in [0.3, 0.4) is 0 Å². The second kappa shape index (κ2) is 7.04. The first kappa shape index (κ1) is 17.5. The number of hydrogen-bond acceptors (Lipinski definition) is 4. The Morgan fingerprint density at radius 1 is 1.31 bits per heavy atom. The molecular formula is C18H21ClFN5S. The van der Waals surface area contributed by atoms with Gasteiger partial charge in [0.15, 0.2) is 11.1 Å². The van der Waals surface area contributed by atoms with Gasteiger partial charge in [-0.05, 0) is 30.5 Å². The van der Waals surface area contributed by atoms with E-state index in [4.69, 9.17) is 17.3 Å². The molecule has 0 amide bonds. The lowest BCUT2D eigenvalue weighted by Crippen LogP contribution is -2.51. The second-order valence-electron chi connectivity index (χ2n) is 6.87. The highest BCUT2D eigenvalue weighted by atomic mass is 35.5. The van der Waals surface area contributed by atoms with E-state index in [0.717, 1.165) is 49.7 Å². The van der Waals surface area contributed by atoms with Crippen molar-refractivity contribution in [2.24, 2.45) is 10.7 Å². The maximum absolute atomic E-state index is 13.3. The molecule has 2 fully saturated rings. The fraction of sp³-hybridized carbons (Fsp3) is 0.444. The summed E-state index contributed by atoms with van der Waals surface area (Å²) in [5.74, 6) is 0.268. The van der Waals surface area contributed by atoms with Crippen molar-refractivity contribution in [3.05, 3.63) is 46.2 Å². The zero-order chi connectivity index (χ0) is 18.1. The number of aliphatic imine (C=N–C) groups is 1. The Balaban J connectivity index is 1.38. The summed E-state index contributed by atoms with van der Waals surface area (Å²) >= 11 is 7.90. The molecule has 1 saturated carbocycles. The summed E-state index contributed by atoms with van der Waals surface area (Å²) in [5, 5.41) is 3.53. The van der Waals surface area contributed by atoms with Gasteiger partial charge in [-0.25, -0.2) is 9.37 Å². The normalized spacial score (nSPS) is 19.7. The van der Waals surface area contributed by atoms with Gasteiger partial charge in [-0.1, -0.05) is 17.7 Å². The Labute approximate surface area is 161 Å². The zero-order valence-corrected chi connectivity index (χ0v) is 15.9. The molecule has 1 aromatic carbocycles. The maximum atomic E-state index is 13.3. The number of guanidine groups is 1. The molecule has 0 radical (unpaired) electrons. The average Bonchev–Trinajstić information content (AvgIpc) is 3.22. The molecule has 1 aromatic heterocycles. The molecule has 1 aliphatic carbocycles. The van der Waals surface area contributed by atoms with Crippen molar-refractivity contribution in [1.29, 1.82) is 0 Å². The van der Waals surface area contributed by atoms with Gasteiger partial charge in [0, 0.05) is 48.2 Å². The maximum Gasteiger partial charge on any atom is 0.191 e. The van der Waals surface area contributed by atoms with Crippen molar-refractivity contribution in [2.75, 3.05) is 37.6 Å². The molecule has 2 aliphatic rings. The lowest BCUT2D eigenvalue weighted by molar-refractivity contribution is 0.380. The molecule has 26 heavy (non-hydrogen) atoms. The summed E-state index contributed by atoms with van der Waals surface area (Å²) in [6.07, 6.45) is 3.85. The smallest absolute Gasteiger partial charge is 0.191 e. The number of hydrogen-bond donors (Lipinski definition) is 1. The predicted octanol–water partition coefficient (Wildman–Crippen LogP) is 3.10. The van der Waals surface area contributed by atoms with E-state index in [-0.39, 0.29) is 11.2 Å². The molecule has 4 rings (SSSR count). The number of anilines is 1. The van der Waals surface area contributed by atoms with Crippen LogP contribution in [0, 0.1) is 5.82 Å². The molecule has 2 heterocycles. The zero-order valence-electron chi connectivity index (χ0n) is 14.4. The number of benzene rings is 1. The lowest BCUT2D eigenvalue weighted by Gasteiger charge is -2.35. The minimum absolute atomic E-state index is 0.0852. The van der Waals surface area contributed by atoms with Gasteiger partial charge in [-0.2, -0.15) is 0 Å². The van der Waals surface area contributed by atoms with Gasteiger partial charge in [0.25, 0.3) is 0 Å². The average molecular weight is 394 g/mol. The lowest BCUT2D eigenvalue weighted by atomic mass is 9.96. The molecular weight excluding hydrogens is 373 g/mol. The second-order valence-corrected chi connectivity index (χ2v) is 8.15. The number of nitrogens with two attached hydrogens (primary N) is 1. The number of nitrogens with zero attached hydrogens (tertiary/aromatic N) is 4. The summed E-state index contributed by atoms with van der Waals surface area (Å²) < 4.78 is 13.3. The topological polar surface area (TPSA) is 57.8 Å². The highest BCUT2D eigenvalue weighted by Gasteiger charge is 2.45. The minimum atomic E-state index is -0.310.